The molecule has 0 aliphatic heterocycles. The summed E-state index contributed by atoms with van der Waals surface area (Å²) in [4.78, 5) is 11.3. The van der Waals surface area contributed by atoms with E-state index in [4.69, 9.17) is 9.47 Å². The molecule has 0 saturated carbocycles. The lowest BCUT2D eigenvalue weighted by molar-refractivity contribution is 0.0413. The molecular weight excluding hydrogens is 336 g/mol. The second-order valence-corrected chi connectivity index (χ2v) is 8.21. The Hall–Kier alpha value is -2.03. The molecule has 0 spiro atoms. The maximum absolute atomic E-state index is 11.3. The maximum Gasteiger partial charge on any atom is 0.508 e. The molecular formula is C24H36O3. The summed E-state index contributed by atoms with van der Waals surface area (Å²) < 4.78 is 9.90. The van der Waals surface area contributed by atoms with E-state index in [9.17, 15) is 4.79 Å². The van der Waals surface area contributed by atoms with E-state index in [0.29, 0.717) is 0 Å². The Balaban J connectivity index is 2.57. The van der Waals surface area contributed by atoms with E-state index in [-0.39, 0.29) is 18.1 Å². The molecule has 0 aromatic rings. The van der Waals surface area contributed by atoms with Crippen molar-refractivity contribution >= 4 is 6.16 Å². The third-order valence-electron chi connectivity index (χ3n) is 4.71. The summed E-state index contributed by atoms with van der Waals surface area (Å²) >= 11 is 0. The van der Waals surface area contributed by atoms with Crippen LogP contribution in [0, 0.1) is 5.41 Å². The molecule has 150 valence electrons. The third kappa shape index (κ3) is 8.94. The zero-order chi connectivity index (χ0) is 20.4. The van der Waals surface area contributed by atoms with E-state index in [0.717, 1.165) is 5.57 Å². The van der Waals surface area contributed by atoms with Crippen LogP contribution in [0.15, 0.2) is 58.7 Å². The molecule has 0 amide bonds. The molecule has 1 rings (SSSR count). The summed E-state index contributed by atoms with van der Waals surface area (Å²) in [5.41, 5.74) is 5.50. The molecule has 1 aliphatic rings. The van der Waals surface area contributed by atoms with E-state index >= 15 is 0 Å². The fraction of sp³-hybridized carbons (Fsp3) is 0.542. The van der Waals surface area contributed by atoms with E-state index in [1.54, 1.807) is 13.8 Å². The smallest absolute Gasteiger partial charge is 0.432 e. The Morgan fingerprint density at radius 1 is 1.19 bits per heavy atom. The van der Waals surface area contributed by atoms with Crippen molar-refractivity contribution in [1.82, 2.24) is 0 Å². The Bertz CT molecular complexity index is 655. The van der Waals surface area contributed by atoms with Crippen LogP contribution in [0.1, 0.15) is 67.7 Å². The van der Waals surface area contributed by atoms with Gasteiger partial charge >= 0.3 is 6.16 Å². The lowest BCUT2D eigenvalue weighted by atomic mass is 9.72. The monoisotopic (exact) mass is 372 g/mol. The van der Waals surface area contributed by atoms with Crippen LogP contribution in [0.5, 0.6) is 0 Å². The van der Waals surface area contributed by atoms with Crippen molar-refractivity contribution in [2.75, 3.05) is 6.61 Å². The molecule has 3 heteroatoms. The first-order valence-corrected chi connectivity index (χ1v) is 9.85. The average Bonchev–Trinajstić information content (AvgIpc) is 2.53. The van der Waals surface area contributed by atoms with Crippen molar-refractivity contribution in [2.45, 2.75) is 73.8 Å². The average molecular weight is 373 g/mol. The number of ether oxygens (including phenoxy) is 2. The molecule has 0 atom stereocenters. The van der Waals surface area contributed by atoms with Crippen molar-refractivity contribution in [2.24, 2.45) is 5.41 Å². The number of rotatable bonds is 7. The predicted molar refractivity (Wildman–Crippen MR) is 114 cm³/mol. The van der Waals surface area contributed by atoms with Crippen LogP contribution in [0.4, 0.5) is 4.79 Å². The third-order valence-corrected chi connectivity index (χ3v) is 4.71. The first-order valence-electron chi connectivity index (χ1n) is 9.85. The van der Waals surface area contributed by atoms with Gasteiger partial charge in [0.1, 0.15) is 6.61 Å². The standard InChI is InChI=1S/C24H36O3/c1-18(2)27-23(25)26-17-15-20(4)11-8-10-19(3)13-14-22-21(5)12-9-16-24(22,6)7/h8,10-11,13-15,18H,9,12,16-17H2,1-7H3. The quantitative estimate of drug-likeness (QED) is 0.354. The Labute approximate surface area is 165 Å². The lowest BCUT2D eigenvalue weighted by Crippen LogP contribution is -2.19. The van der Waals surface area contributed by atoms with Crippen molar-refractivity contribution in [3.05, 3.63) is 58.7 Å². The molecule has 0 bridgehead atoms. The summed E-state index contributed by atoms with van der Waals surface area (Å²) in [5.74, 6) is 0. The van der Waals surface area contributed by atoms with Gasteiger partial charge in [0.15, 0.2) is 0 Å². The molecule has 0 N–H and O–H groups in total. The van der Waals surface area contributed by atoms with Crippen molar-refractivity contribution in [3.63, 3.8) is 0 Å². The largest absolute Gasteiger partial charge is 0.508 e. The van der Waals surface area contributed by atoms with E-state index < -0.39 is 6.16 Å². The zero-order valence-corrected chi connectivity index (χ0v) is 18.1. The normalized spacial score (nSPS) is 18.7. The van der Waals surface area contributed by atoms with E-state index in [2.05, 4.69) is 45.9 Å². The SMILES string of the molecule is CC(C=CC1=C(C)CCCC1(C)C)=CC=CC(C)=CCOC(=O)OC(C)C. The van der Waals surface area contributed by atoms with Crippen LogP contribution >= 0.6 is 0 Å². The summed E-state index contributed by atoms with van der Waals surface area (Å²) in [6.45, 7) is 14.8. The highest BCUT2D eigenvalue weighted by molar-refractivity contribution is 5.60. The van der Waals surface area contributed by atoms with Crippen LogP contribution in [-0.2, 0) is 9.47 Å². The minimum Gasteiger partial charge on any atom is -0.432 e. The topological polar surface area (TPSA) is 35.5 Å². The number of hydrogen-bond donors (Lipinski definition) is 0. The van der Waals surface area contributed by atoms with Gasteiger partial charge in [0.25, 0.3) is 0 Å². The lowest BCUT2D eigenvalue weighted by Gasteiger charge is -2.32. The molecule has 0 aromatic heterocycles. The molecule has 0 fully saturated rings. The summed E-state index contributed by atoms with van der Waals surface area (Å²) in [7, 11) is 0. The van der Waals surface area contributed by atoms with Crippen LogP contribution in [-0.4, -0.2) is 18.9 Å². The fourth-order valence-corrected chi connectivity index (χ4v) is 3.17. The van der Waals surface area contributed by atoms with Crippen molar-refractivity contribution in [1.29, 1.82) is 0 Å². The van der Waals surface area contributed by atoms with Gasteiger partial charge in [-0.25, -0.2) is 4.79 Å². The molecule has 1 aliphatic carbocycles. The summed E-state index contributed by atoms with van der Waals surface area (Å²) in [6, 6.07) is 0. The van der Waals surface area contributed by atoms with Crippen molar-refractivity contribution in [3.8, 4) is 0 Å². The molecule has 0 aromatic carbocycles. The number of allylic oxidation sites excluding steroid dienone is 9. The van der Waals surface area contributed by atoms with Gasteiger partial charge in [-0.3, -0.25) is 0 Å². The van der Waals surface area contributed by atoms with Gasteiger partial charge in [0.2, 0.25) is 0 Å². The predicted octanol–water partition coefficient (Wildman–Crippen LogP) is 7.08. The minimum absolute atomic E-state index is 0.164. The molecule has 3 nitrogen and oxygen atoms in total. The van der Waals surface area contributed by atoms with Gasteiger partial charge in [-0.15, -0.1) is 0 Å². The fourth-order valence-electron chi connectivity index (χ4n) is 3.17. The number of carbonyl (C=O) groups excluding carboxylic acids is 1. The molecule has 0 radical (unpaired) electrons. The van der Waals surface area contributed by atoms with Crippen LogP contribution in [0.25, 0.3) is 0 Å². The van der Waals surface area contributed by atoms with Crippen molar-refractivity contribution < 1.29 is 14.3 Å². The summed E-state index contributed by atoms with van der Waals surface area (Å²) in [5, 5.41) is 0. The minimum atomic E-state index is -0.630. The van der Waals surface area contributed by atoms with Gasteiger partial charge in [-0.05, 0) is 70.9 Å². The summed E-state index contributed by atoms with van der Waals surface area (Å²) in [6.07, 6.45) is 15.4. The van der Waals surface area contributed by atoms with Gasteiger partial charge in [-0.1, -0.05) is 60.9 Å². The van der Waals surface area contributed by atoms with Crippen LogP contribution in [0.3, 0.4) is 0 Å². The van der Waals surface area contributed by atoms with Crippen LogP contribution < -0.4 is 0 Å². The zero-order valence-electron chi connectivity index (χ0n) is 18.1. The Kier molecular flexibility index (Phi) is 9.34. The number of hydrogen-bond acceptors (Lipinski definition) is 3. The highest BCUT2D eigenvalue weighted by atomic mass is 16.7. The van der Waals surface area contributed by atoms with Crippen LogP contribution in [0.2, 0.25) is 0 Å². The second-order valence-electron chi connectivity index (χ2n) is 8.21. The highest BCUT2D eigenvalue weighted by Crippen LogP contribution is 2.40. The van der Waals surface area contributed by atoms with Gasteiger partial charge in [0, 0.05) is 0 Å². The molecule has 27 heavy (non-hydrogen) atoms. The van der Waals surface area contributed by atoms with E-state index in [1.807, 2.05) is 25.2 Å². The molecule has 0 unspecified atom stereocenters. The molecule has 0 heterocycles. The van der Waals surface area contributed by atoms with Gasteiger partial charge in [0.05, 0.1) is 6.10 Å². The Morgan fingerprint density at radius 3 is 2.52 bits per heavy atom. The van der Waals surface area contributed by atoms with Gasteiger partial charge < -0.3 is 9.47 Å². The van der Waals surface area contributed by atoms with E-state index in [1.165, 1.54) is 36.0 Å². The highest BCUT2D eigenvalue weighted by Gasteiger charge is 2.26. The van der Waals surface area contributed by atoms with Gasteiger partial charge in [-0.2, -0.15) is 0 Å². The second kappa shape index (κ2) is 11.0. The first-order chi connectivity index (χ1) is 12.6. The molecule has 0 saturated heterocycles. The Morgan fingerprint density at radius 2 is 1.89 bits per heavy atom. The first kappa shape index (κ1) is 23.0. The number of carbonyl (C=O) groups is 1. The maximum atomic E-state index is 11.3.